The molecule has 1 aromatic carbocycles. The van der Waals surface area contributed by atoms with Crippen LogP contribution in [0.15, 0.2) is 29.1 Å². The summed E-state index contributed by atoms with van der Waals surface area (Å²) in [6.45, 7) is 0.678. The summed E-state index contributed by atoms with van der Waals surface area (Å²) in [6, 6.07) is 7.12. The molecule has 23 heavy (non-hydrogen) atoms. The molecule has 0 bridgehead atoms. The van der Waals surface area contributed by atoms with E-state index in [2.05, 4.69) is 10.2 Å². The molecule has 1 amide bonds. The van der Waals surface area contributed by atoms with Crippen molar-refractivity contribution in [2.75, 3.05) is 13.6 Å². The number of hydrogen-bond acceptors (Lipinski definition) is 3. The van der Waals surface area contributed by atoms with Crippen molar-refractivity contribution in [3.63, 3.8) is 0 Å². The fourth-order valence-electron chi connectivity index (χ4n) is 3.35. The van der Waals surface area contributed by atoms with Crippen LogP contribution in [0, 0.1) is 5.92 Å². The minimum absolute atomic E-state index is 0.0187. The zero-order valence-corrected chi connectivity index (χ0v) is 13.5. The number of para-hydroxylation sites is 1. The maximum absolute atomic E-state index is 12.5. The summed E-state index contributed by atoms with van der Waals surface area (Å²) in [5.41, 5.74) is 0.336. The molecular formula is C18H23N3O2. The van der Waals surface area contributed by atoms with Gasteiger partial charge >= 0.3 is 0 Å². The molecule has 1 heterocycles. The highest BCUT2D eigenvalue weighted by Crippen LogP contribution is 2.26. The van der Waals surface area contributed by atoms with Gasteiger partial charge in [-0.05, 0) is 24.5 Å². The summed E-state index contributed by atoms with van der Waals surface area (Å²) < 4.78 is 0. The van der Waals surface area contributed by atoms with E-state index in [1.807, 2.05) is 6.07 Å². The fourth-order valence-corrected chi connectivity index (χ4v) is 3.35. The van der Waals surface area contributed by atoms with Gasteiger partial charge in [-0.2, -0.15) is 5.10 Å². The molecule has 1 aliphatic carbocycles. The highest BCUT2D eigenvalue weighted by Gasteiger charge is 2.20. The lowest BCUT2D eigenvalue weighted by Gasteiger charge is -2.24. The topological polar surface area (TPSA) is 66.1 Å². The molecule has 0 spiro atoms. The van der Waals surface area contributed by atoms with Crippen molar-refractivity contribution in [1.82, 2.24) is 15.1 Å². The molecule has 1 N–H and O–H groups in total. The molecule has 1 saturated carbocycles. The third-order valence-electron chi connectivity index (χ3n) is 4.82. The molecule has 0 saturated heterocycles. The quantitative estimate of drug-likeness (QED) is 0.943. The molecule has 122 valence electrons. The lowest BCUT2D eigenvalue weighted by molar-refractivity contribution is 0.0776. The molecular weight excluding hydrogens is 290 g/mol. The summed E-state index contributed by atoms with van der Waals surface area (Å²) in [6.07, 6.45) is 7.46. The third kappa shape index (κ3) is 3.44. The Morgan fingerprint density at radius 3 is 2.78 bits per heavy atom. The van der Waals surface area contributed by atoms with Crippen LogP contribution in [0.5, 0.6) is 0 Å². The summed E-state index contributed by atoms with van der Waals surface area (Å²) in [7, 11) is 1.75. The van der Waals surface area contributed by atoms with Crippen LogP contribution in [0.3, 0.4) is 0 Å². The van der Waals surface area contributed by atoms with E-state index in [0.717, 1.165) is 6.42 Å². The number of nitrogens with zero attached hydrogens (tertiary/aromatic N) is 2. The highest BCUT2D eigenvalue weighted by atomic mass is 16.2. The number of hydrogen-bond donors (Lipinski definition) is 1. The molecule has 0 radical (unpaired) electrons. The van der Waals surface area contributed by atoms with Gasteiger partial charge < -0.3 is 4.90 Å². The number of carbonyl (C=O) groups excluding carboxylic acids is 1. The van der Waals surface area contributed by atoms with Crippen molar-refractivity contribution < 1.29 is 4.79 Å². The molecule has 2 aromatic rings. The predicted octanol–water partition coefficient (Wildman–Crippen LogP) is 2.97. The zero-order chi connectivity index (χ0) is 16.2. The van der Waals surface area contributed by atoms with Crippen LogP contribution in [0.4, 0.5) is 0 Å². The number of carbonyl (C=O) groups is 1. The smallest absolute Gasteiger partial charge is 0.278 e. The van der Waals surface area contributed by atoms with Crippen LogP contribution >= 0.6 is 0 Å². The Morgan fingerprint density at radius 1 is 1.26 bits per heavy atom. The lowest BCUT2D eigenvalue weighted by Crippen LogP contribution is -2.34. The number of fused-ring (bicyclic) bond motifs is 1. The van der Waals surface area contributed by atoms with Crippen molar-refractivity contribution in [3.8, 4) is 0 Å². The number of rotatable bonds is 4. The van der Waals surface area contributed by atoms with Gasteiger partial charge in [-0.15, -0.1) is 0 Å². The van der Waals surface area contributed by atoms with Crippen molar-refractivity contribution in [3.05, 3.63) is 40.2 Å². The zero-order valence-electron chi connectivity index (χ0n) is 13.5. The van der Waals surface area contributed by atoms with Crippen molar-refractivity contribution >= 4 is 16.8 Å². The van der Waals surface area contributed by atoms with E-state index >= 15 is 0 Å². The SMILES string of the molecule is CN(CCC1CCCCC1)C(=O)c1n[nH]c2ccccc2c1=O. The Bertz CT molecular complexity index is 747. The molecule has 5 heteroatoms. The summed E-state index contributed by atoms with van der Waals surface area (Å²) >= 11 is 0. The van der Waals surface area contributed by atoms with E-state index in [0.29, 0.717) is 23.4 Å². The van der Waals surface area contributed by atoms with Gasteiger partial charge in [0.1, 0.15) is 0 Å². The van der Waals surface area contributed by atoms with Gasteiger partial charge in [0, 0.05) is 19.0 Å². The number of aromatic nitrogens is 2. The first-order valence-corrected chi connectivity index (χ1v) is 8.39. The Morgan fingerprint density at radius 2 is 2.00 bits per heavy atom. The molecule has 1 aliphatic rings. The summed E-state index contributed by atoms with van der Waals surface area (Å²) in [4.78, 5) is 26.6. The summed E-state index contributed by atoms with van der Waals surface area (Å²) in [5, 5.41) is 7.30. The summed E-state index contributed by atoms with van der Waals surface area (Å²) in [5.74, 6) is 0.412. The molecule has 1 aromatic heterocycles. The third-order valence-corrected chi connectivity index (χ3v) is 4.82. The predicted molar refractivity (Wildman–Crippen MR) is 90.5 cm³/mol. The Hall–Kier alpha value is -2.17. The molecule has 3 rings (SSSR count). The van der Waals surface area contributed by atoms with E-state index in [4.69, 9.17) is 0 Å². The minimum Gasteiger partial charge on any atom is -0.340 e. The van der Waals surface area contributed by atoms with Gasteiger partial charge in [-0.1, -0.05) is 44.2 Å². The van der Waals surface area contributed by atoms with Crippen molar-refractivity contribution in [1.29, 1.82) is 0 Å². The highest BCUT2D eigenvalue weighted by molar-refractivity contribution is 5.95. The fraction of sp³-hybridized carbons (Fsp3) is 0.500. The van der Waals surface area contributed by atoms with Gasteiger partial charge in [-0.25, -0.2) is 0 Å². The average Bonchev–Trinajstić information content (AvgIpc) is 2.60. The van der Waals surface area contributed by atoms with Crippen LogP contribution in [0.1, 0.15) is 49.0 Å². The Balaban J connectivity index is 1.71. The van der Waals surface area contributed by atoms with Gasteiger partial charge in [0.15, 0.2) is 5.69 Å². The monoisotopic (exact) mass is 313 g/mol. The Labute approximate surface area is 135 Å². The van der Waals surface area contributed by atoms with Crippen LogP contribution in [0.2, 0.25) is 0 Å². The standard InChI is InChI=1S/C18H23N3O2/c1-21(12-11-13-7-3-2-4-8-13)18(23)16-17(22)14-9-5-6-10-15(14)19-20-16/h5-6,9-10,13H,2-4,7-8,11-12H2,1H3,(H,19,22). The van der Waals surface area contributed by atoms with E-state index in [-0.39, 0.29) is 17.0 Å². The molecule has 0 aliphatic heterocycles. The van der Waals surface area contributed by atoms with E-state index in [9.17, 15) is 9.59 Å². The maximum Gasteiger partial charge on any atom is 0.278 e. The first-order valence-electron chi connectivity index (χ1n) is 8.39. The largest absolute Gasteiger partial charge is 0.340 e. The van der Waals surface area contributed by atoms with E-state index in [1.165, 1.54) is 32.1 Å². The lowest BCUT2D eigenvalue weighted by atomic mass is 9.87. The number of amides is 1. The van der Waals surface area contributed by atoms with Crippen LogP contribution in [-0.4, -0.2) is 34.6 Å². The van der Waals surface area contributed by atoms with Gasteiger partial charge in [0.2, 0.25) is 5.43 Å². The van der Waals surface area contributed by atoms with Crippen molar-refractivity contribution in [2.45, 2.75) is 38.5 Å². The normalized spacial score (nSPS) is 15.7. The first kappa shape index (κ1) is 15.7. The second kappa shape index (κ2) is 6.94. The van der Waals surface area contributed by atoms with Crippen molar-refractivity contribution in [2.24, 2.45) is 5.92 Å². The molecule has 0 atom stereocenters. The van der Waals surface area contributed by atoms with Gasteiger partial charge in [0.05, 0.1) is 5.52 Å². The molecule has 0 unspecified atom stereocenters. The number of H-pyrrole nitrogens is 1. The number of nitrogens with one attached hydrogen (secondary N) is 1. The maximum atomic E-state index is 12.5. The van der Waals surface area contributed by atoms with E-state index in [1.54, 1.807) is 30.1 Å². The molecule has 5 nitrogen and oxygen atoms in total. The first-order chi connectivity index (χ1) is 11.2. The van der Waals surface area contributed by atoms with E-state index < -0.39 is 0 Å². The number of aromatic amines is 1. The van der Waals surface area contributed by atoms with Crippen LogP contribution in [-0.2, 0) is 0 Å². The second-order valence-corrected chi connectivity index (χ2v) is 6.47. The van der Waals surface area contributed by atoms with Gasteiger partial charge in [-0.3, -0.25) is 14.7 Å². The average molecular weight is 313 g/mol. The minimum atomic E-state index is -0.298. The van der Waals surface area contributed by atoms with Crippen LogP contribution < -0.4 is 5.43 Å². The van der Waals surface area contributed by atoms with Crippen LogP contribution in [0.25, 0.3) is 10.9 Å². The molecule has 1 fully saturated rings. The van der Waals surface area contributed by atoms with Gasteiger partial charge in [0.25, 0.3) is 5.91 Å². The second-order valence-electron chi connectivity index (χ2n) is 6.47. The Kier molecular flexibility index (Phi) is 4.74. The number of benzene rings is 1.